The molecule has 4 nitrogen and oxygen atoms in total. The van der Waals surface area contributed by atoms with E-state index in [0.717, 1.165) is 44.9 Å². The molecule has 0 atom stereocenters. The third-order valence-electron chi connectivity index (χ3n) is 4.85. The van der Waals surface area contributed by atoms with Gasteiger partial charge in [-0.15, -0.1) is 0 Å². The Morgan fingerprint density at radius 3 is 2.50 bits per heavy atom. The Morgan fingerprint density at radius 1 is 0.786 bits per heavy atom. The molecule has 28 heavy (non-hydrogen) atoms. The van der Waals surface area contributed by atoms with Crippen LogP contribution in [-0.2, 0) is 6.61 Å². The Balaban J connectivity index is 1.46. The second-order valence-electron chi connectivity index (χ2n) is 6.76. The fraction of sp³-hybridized carbons (Fsp3) is 0.0833. The number of benzene rings is 3. The summed E-state index contributed by atoms with van der Waals surface area (Å²) in [5.41, 5.74) is 4.98. The number of aromatic nitrogens is 3. The summed E-state index contributed by atoms with van der Waals surface area (Å²) in [5, 5.41) is 1.13. The fourth-order valence-electron chi connectivity index (χ4n) is 3.51. The van der Waals surface area contributed by atoms with E-state index in [1.807, 2.05) is 67.6 Å². The van der Waals surface area contributed by atoms with E-state index in [1.54, 1.807) is 0 Å². The lowest BCUT2D eigenvalue weighted by Crippen LogP contribution is -1.99. The van der Waals surface area contributed by atoms with E-state index in [2.05, 4.69) is 38.8 Å². The summed E-state index contributed by atoms with van der Waals surface area (Å²) in [5.74, 6) is 1.76. The Morgan fingerprint density at radius 2 is 1.61 bits per heavy atom. The number of aryl methyl sites for hydroxylation is 1. The molecule has 5 aromatic rings. The molecule has 2 aromatic heterocycles. The molecule has 0 saturated heterocycles. The van der Waals surface area contributed by atoms with Gasteiger partial charge in [0.05, 0.1) is 22.2 Å². The summed E-state index contributed by atoms with van der Waals surface area (Å²) in [4.78, 5) is 9.36. The molecular formula is C24H19N3O. The summed E-state index contributed by atoms with van der Waals surface area (Å²) in [6, 6.07) is 28.5. The Hall–Kier alpha value is -3.66. The third kappa shape index (κ3) is 2.99. The van der Waals surface area contributed by atoms with Crippen LogP contribution >= 0.6 is 0 Å². The van der Waals surface area contributed by atoms with Gasteiger partial charge in [0.15, 0.2) is 0 Å². The standard InChI is InChI=1S/C24H19N3O/c1-17-25-23-14-13-21(15-24(23)27(17)20-8-3-2-4-9-20)28-16-19-12-11-18-7-5-6-10-22(18)26-19/h2-15H,16H2,1H3. The van der Waals surface area contributed by atoms with Gasteiger partial charge in [0.1, 0.15) is 18.2 Å². The van der Waals surface area contributed by atoms with E-state index < -0.39 is 0 Å². The van der Waals surface area contributed by atoms with E-state index in [9.17, 15) is 0 Å². The molecule has 3 aromatic carbocycles. The first kappa shape index (κ1) is 16.5. The van der Waals surface area contributed by atoms with Crippen molar-refractivity contribution in [2.45, 2.75) is 13.5 Å². The molecule has 0 saturated carbocycles. The minimum Gasteiger partial charge on any atom is -0.487 e. The molecule has 0 aliphatic rings. The van der Waals surface area contributed by atoms with Crippen LogP contribution in [0.2, 0.25) is 0 Å². The van der Waals surface area contributed by atoms with E-state index in [-0.39, 0.29) is 0 Å². The number of imidazole rings is 1. The highest BCUT2D eigenvalue weighted by molar-refractivity contribution is 5.80. The van der Waals surface area contributed by atoms with Crippen LogP contribution in [-0.4, -0.2) is 14.5 Å². The summed E-state index contributed by atoms with van der Waals surface area (Å²) >= 11 is 0. The lowest BCUT2D eigenvalue weighted by molar-refractivity contribution is 0.302. The predicted octanol–water partition coefficient (Wildman–Crippen LogP) is 5.46. The van der Waals surface area contributed by atoms with Crippen molar-refractivity contribution in [3.05, 3.63) is 96.4 Å². The van der Waals surface area contributed by atoms with Gasteiger partial charge in [-0.1, -0.05) is 42.5 Å². The molecule has 0 aliphatic carbocycles. The van der Waals surface area contributed by atoms with Crippen molar-refractivity contribution in [2.75, 3.05) is 0 Å². The number of ether oxygens (including phenoxy) is 1. The molecule has 0 aliphatic heterocycles. The maximum Gasteiger partial charge on any atom is 0.130 e. The van der Waals surface area contributed by atoms with Crippen LogP contribution in [0.5, 0.6) is 5.75 Å². The van der Waals surface area contributed by atoms with Crippen LogP contribution < -0.4 is 4.74 Å². The van der Waals surface area contributed by atoms with Crippen molar-refractivity contribution in [1.82, 2.24) is 14.5 Å². The summed E-state index contributed by atoms with van der Waals surface area (Å²) in [6.07, 6.45) is 0. The second kappa shape index (κ2) is 6.82. The Labute approximate surface area is 163 Å². The monoisotopic (exact) mass is 365 g/mol. The molecule has 5 rings (SSSR count). The number of hydrogen-bond donors (Lipinski definition) is 0. The number of hydrogen-bond acceptors (Lipinski definition) is 3. The molecule has 0 bridgehead atoms. The molecule has 4 heteroatoms. The first-order valence-corrected chi connectivity index (χ1v) is 9.30. The van der Waals surface area contributed by atoms with Gasteiger partial charge >= 0.3 is 0 Å². The van der Waals surface area contributed by atoms with Gasteiger partial charge in [-0.05, 0) is 43.3 Å². The zero-order chi connectivity index (χ0) is 18.9. The number of para-hydroxylation sites is 2. The minimum atomic E-state index is 0.425. The molecular weight excluding hydrogens is 346 g/mol. The van der Waals surface area contributed by atoms with Gasteiger partial charge in [-0.3, -0.25) is 4.57 Å². The molecule has 136 valence electrons. The van der Waals surface area contributed by atoms with Crippen molar-refractivity contribution in [3.8, 4) is 11.4 Å². The van der Waals surface area contributed by atoms with Crippen molar-refractivity contribution in [3.63, 3.8) is 0 Å². The first-order valence-electron chi connectivity index (χ1n) is 9.30. The number of rotatable bonds is 4. The van der Waals surface area contributed by atoms with Gasteiger partial charge in [-0.2, -0.15) is 0 Å². The van der Waals surface area contributed by atoms with E-state index >= 15 is 0 Å². The number of fused-ring (bicyclic) bond motifs is 2. The Kier molecular flexibility index (Phi) is 4.02. The van der Waals surface area contributed by atoms with Crippen LogP contribution in [0.4, 0.5) is 0 Å². The van der Waals surface area contributed by atoms with E-state index in [0.29, 0.717) is 6.61 Å². The predicted molar refractivity (Wildman–Crippen MR) is 112 cm³/mol. The number of nitrogens with zero attached hydrogens (tertiary/aromatic N) is 3. The minimum absolute atomic E-state index is 0.425. The molecule has 0 amide bonds. The quantitative estimate of drug-likeness (QED) is 0.424. The zero-order valence-corrected chi connectivity index (χ0v) is 15.5. The fourth-order valence-corrected chi connectivity index (χ4v) is 3.51. The van der Waals surface area contributed by atoms with Gasteiger partial charge in [0, 0.05) is 17.1 Å². The van der Waals surface area contributed by atoms with Crippen LogP contribution in [0.1, 0.15) is 11.5 Å². The maximum absolute atomic E-state index is 6.05. The first-order chi connectivity index (χ1) is 13.8. The number of pyridine rings is 1. The van der Waals surface area contributed by atoms with Gasteiger partial charge in [0.2, 0.25) is 0 Å². The SMILES string of the molecule is Cc1nc2ccc(OCc3ccc4ccccc4n3)cc2n1-c1ccccc1. The summed E-state index contributed by atoms with van der Waals surface area (Å²) in [7, 11) is 0. The Bertz CT molecular complexity index is 1280. The van der Waals surface area contributed by atoms with Crippen molar-refractivity contribution >= 4 is 21.9 Å². The third-order valence-corrected chi connectivity index (χ3v) is 4.85. The molecule has 0 radical (unpaired) electrons. The summed E-state index contributed by atoms with van der Waals surface area (Å²) in [6.45, 7) is 2.45. The lowest BCUT2D eigenvalue weighted by atomic mass is 10.2. The van der Waals surface area contributed by atoms with Gasteiger partial charge in [0.25, 0.3) is 0 Å². The zero-order valence-electron chi connectivity index (χ0n) is 15.5. The topological polar surface area (TPSA) is 39.9 Å². The summed E-state index contributed by atoms with van der Waals surface area (Å²) < 4.78 is 8.19. The largest absolute Gasteiger partial charge is 0.487 e. The average molecular weight is 365 g/mol. The van der Waals surface area contributed by atoms with E-state index in [4.69, 9.17) is 4.74 Å². The molecule has 0 N–H and O–H groups in total. The highest BCUT2D eigenvalue weighted by atomic mass is 16.5. The van der Waals surface area contributed by atoms with Gasteiger partial charge in [-0.25, -0.2) is 9.97 Å². The highest BCUT2D eigenvalue weighted by Crippen LogP contribution is 2.26. The normalized spacial score (nSPS) is 11.2. The molecule has 0 unspecified atom stereocenters. The second-order valence-corrected chi connectivity index (χ2v) is 6.76. The van der Waals surface area contributed by atoms with Crippen molar-refractivity contribution in [2.24, 2.45) is 0 Å². The van der Waals surface area contributed by atoms with Crippen LogP contribution in [0.25, 0.3) is 27.6 Å². The average Bonchev–Trinajstić information content (AvgIpc) is 3.07. The molecule has 0 fully saturated rings. The van der Waals surface area contributed by atoms with E-state index in [1.165, 1.54) is 0 Å². The van der Waals surface area contributed by atoms with Crippen LogP contribution in [0.15, 0.2) is 84.9 Å². The molecule has 2 heterocycles. The van der Waals surface area contributed by atoms with Crippen molar-refractivity contribution < 1.29 is 4.74 Å². The smallest absolute Gasteiger partial charge is 0.130 e. The lowest BCUT2D eigenvalue weighted by Gasteiger charge is -2.09. The molecule has 0 spiro atoms. The van der Waals surface area contributed by atoms with Crippen LogP contribution in [0.3, 0.4) is 0 Å². The maximum atomic E-state index is 6.05. The van der Waals surface area contributed by atoms with Gasteiger partial charge < -0.3 is 4.74 Å². The highest BCUT2D eigenvalue weighted by Gasteiger charge is 2.10. The van der Waals surface area contributed by atoms with Crippen LogP contribution in [0, 0.1) is 6.92 Å². The van der Waals surface area contributed by atoms with Crippen molar-refractivity contribution in [1.29, 1.82) is 0 Å².